The highest BCUT2D eigenvalue weighted by molar-refractivity contribution is 6.39. The van der Waals surface area contributed by atoms with Gasteiger partial charge in [0.15, 0.2) is 0 Å². The van der Waals surface area contributed by atoms with Crippen LogP contribution >= 0.6 is 0 Å². The Labute approximate surface area is 77.7 Å². The van der Waals surface area contributed by atoms with Gasteiger partial charge in [-0.1, -0.05) is 25.7 Å². The van der Waals surface area contributed by atoms with Crippen molar-refractivity contribution in [1.29, 1.82) is 0 Å². The van der Waals surface area contributed by atoms with Crippen molar-refractivity contribution in [1.82, 2.24) is 0 Å². The summed E-state index contributed by atoms with van der Waals surface area (Å²) in [6, 6.07) is 0. The second-order valence-corrected chi connectivity index (χ2v) is 6.91. The summed E-state index contributed by atoms with van der Waals surface area (Å²) in [5.74, 6) is 0. The summed E-state index contributed by atoms with van der Waals surface area (Å²) < 4.78 is 5.80. The molecule has 1 saturated carbocycles. The molecule has 0 aromatic rings. The SMILES string of the molecule is C1CCC([SiH2]C2CCCC2)OC1. The molecular weight excluding hydrogens is 164 g/mol. The first-order chi connectivity index (χ1) is 5.95. The van der Waals surface area contributed by atoms with Crippen LogP contribution in [0.1, 0.15) is 44.9 Å². The van der Waals surface area contributed by atoms with Gasteiger partial charge < -0.3 is 4.74 Å². The van der Waals surface area contributed by atoms with Gasteiger partial charge in [-0.15, -0.1) is 0 Å². The smallest absolute Gasteiger partial charge is 0.0586 e. The van der Waals surface area contributed by atoms with Gasteiger partial charge in [0.05, 0.1) is 9.52 Å². The largest absolute Gasteiger partial charge is 0.382 e. The van der Waals surface area contributed by atoms with Crippen LogP contribution in [0, 0.1) is 0 Å². The third-order valence-electron chi connectivity index (χ3n) is 3.34. The van der Waals surface area contributed by atoms with E-state index in [1.54, 1.807) is 0 Å². The molecule has 0 N–H and O–H groups in total. The van der Waals surface area contributed by atoms with Crippen LogP contribution in [0.25, 0.3) is 0 Å². The summed E-state index contributed by atoms with van der Waals surface area (Å²) in [5, 5.41) is 0. The van der Waals surface area contributed by atoms with Crippen LogP contribution in [0.3, 0.4) is 0 Å². The lowest BCUT2D eigenvalue weighted by molar-refractivity contribution is 0.0643. The van der Waals surface area contributed by atoms with E-state index < -0.39 is 0 Å². The molecule has 2 fully saturated rings. The lowest BCUT2D eigenvalue weighted by Crippen LogP contribution is -2.27. The van der Waals surface area contributed by atoms with Crippen LogP contribution in [0.15, 0.2) is 0 Å². The Balaban J connectivity index is 1.69. The molecule has 1 unspecified atom stereocenters. The van der Waals surface area contributed by atoms with Gasteiger partial charge in [-0.05, 0) is 24.8 Å². The summed E-state index contributed by atoms with van der Waals surface area (Å²) in [6.45, 7) is 1.06. The minimum absolute atomic E-state index is 0.120. The van der Waals surface area contributed by atoms with Gasteiger partial charge in [-0.3, -0.25) is 0 Å². The van der Waals surface area contributed by atoms with E-state index in [9.17, 15) is 0 Å². The molecule has 2 aliphatic rings. The van der Waals surface area contributed by atoms with E-state index in [-0.39, 0.29) is 9.52 Å². The molecule has 0 amide bonds. The van der Waals surface area contributed by atoms with E-state index in [0.717, 1.165) is 17.9 Å². The normalized spacial score (nSPS) is 33.5. The van der Waals surface area contributed by atoms with Gasteiger partial charge in [-0.2, -0.15) is 0 Å². The molecule has 1 heterocycles. The topological polar surface area (TPSA) is 9.23 Å². The van der Waals surface area contributed by atoms with Crippen molar-refractivity contribution in [3.63, 3.8) is 0 Å². The number of rotatable bonds is 2. The van der Waals surface area contributed by atoms with Gasteiger partial charge in [0.1, 0.15) is 0 Å². The van der Waals surface area contributed by atoms with E-state index in [0.29, 0.717) is 0 Å². The Bertz CT molecular complexity index is 126. The molecule has 12 heavy (non-hydrogen) atoms. The molecule has 0 bridgehead atoms. The molecule has 1 atom stereocenters. The van der Waals surface area contributed by atoms with E-state index >= 15 is 0 Å². The molecule has 0 aromatic carbocycles. The van der Waals surface area contributed by atoms with Crippen LogP contribution in [-0.4, -0.2) is 21.9 Å². The molecule has 1 aliphatic carbocycles. The highest BCUT2D eigenvalue weighted by Crippen LogP contribution is 2.31. The van der Waals surface area contributed by atoms with Crippen LogP contribution < -0.4 is 0 Å². The number of hydrogen-bond acceptors (Lipinski definition) is 1. The quantitative estimate of drug-likeness (QED) is 0.597. The molecule has 0 spiro atoms. The lowest BCUT2D eigenvalue weighted by Gasteiger charge is -2.24. The maximum Gasteiger partial charge on any atom is 0.0586 e. The van der Waals surface area contributed by atoms with Crippen molar-refractivity contribution in [2.75, 3.05) is 6.61 Å². The Hall–Kier alpha value is 0.177. The second kappa shape index (κ2) is 4.42. The zero-order chi connectivity index (χ0) is 8.23. The third-order valence-corrected chi connectivity index (χ3v) is 6.00. The maximum atomic E-state index is 5.80. The molecule has 1 saturated heterocycles. The van der Waals surface area contributed by atoms with Crippen molar-refractivity contribution in [2.45, 2.75) is 56.2 Å². The first-order valence-electron chi connectivity index (χ1n) is 5.57. The van der Waals surface area contributed by atoms with Gasteiger partial charge in [0, 0.05) is 12.3 Å². The standard InChI is InChI=1S/C10H20OSi/c1-2-6-9(5-1)12-10-7-3-4-8-11-10/h9-10H,1-8,12H2. The lowest BCUT2D eigenvalue weighted by atomic mass is 10.2. The van der Waals surface area contributed by atoms with Crippen LogP contribution in [0.4, 0.5) is 0 Å². The molecule has 0 radical (unpaired) electrons. The van der Waals surface area contributed by atoms with E-state index in [1.807, 2.05) is 0 Å². The summed E-state index contributed by atoms with van der Waals surface area (Å²) in [5.41, 5.74) is 1.91. The predicted octanol–water partition coefficient (Wildman–Crippen LogP) is 2.04. The summed E-state index contributed by atoms with van der Waals surface area (Å²) >= 11 is 0. The van der Waals surface area contributed by atoms with Crippen molar-refractivity contribution < 1.29 is 4.74 Å². The number of ether oxygens (including phenoxy) is 1. The zero-order valence-corrected chi connectivity index (χ0v) is 9.34. The average Bonchev–Trinajstić information content (AvgIpc) is 2.59. The van der Waals surface area contributed by atoms with Gasteiger partial charge in [0.25, 0.3) is 0 Å². The summed E-state index contributed by atoms with van der Waals surface area (Å²) in [7, 11) is 0.120. The van der Waals surface area contributed by atoms with Crippen LogP contribution in [-0.2, 0) is 4.74 Å². The zero-order valence-electron chi connectivity index (χ0n) is 7.93. The predicted molar refractivity (Wildman–Crippen MR) is 54.4 cm³/mol. The highest BCUT2D eigenvalue weighted by Gasteiger charge is 2.22. The fourth-order valence-corrected chi connectivity index (χ4v) is 5.23. The van der Waals surface area contributed by atoms with Crippen LogP contribution in [0.2, 0.25) is 5.54 Å². The van der Waals surface area contributed by atoms with Crippen LogP contribution in [0.5, 0.6) is 0 Å². The first-order valence-corrected chi connectivity index (χ1v) is 7.20. The van der Waals surface area contributed by atoms with Crippen molar-refractivity contribution in [3.8, 4) is 0 Å². The highest BCUT2D eigenvalue weighted by atomic mass is 28.2. The third kappa shape index (κ3) is 2.33. The molecule has 2 heteroatoms. The van der Waals surface area contributed by atoms with E-state index in [2.05, 4.69) is 0 Å². The van der Waals surface area contributed by atoms with Gasteiger partial charge in [0.2, 0.25) is 0 Å². The summed E-state index contributed by atoms with van der Waals surface area (Å²) in [6.07, 6.45) is 10.2. The number of hydrogen-bond donors (Lipinski definition) is 0. The monoisotopic (exact) mass is 184 g/mol. The second-order valence-electron chi connectivity index (χ2n) is 4.37. The molecule has 1 aliphatic heterocycles. The maximum absolute atomic E-state index is 5.80. The molecular formula is C10H20OSi. The van der Waals surface area contributed by atoms with E-state index in [1.165, 1.54) is 44.9 Å². The molecule has 0 aromatic heterocycles. The Morgan fingerprint density at radius 3 is 2.33 bits per heavy atom. The Morgan fingerprint density at radius 2 is 1.67 bits per heavy atom. The first kappa shape index (κ1) is 8.76. The fraction of sp³-hybridized carbons (Fsp3) is 1.00. The van der Waals surface area contributed by atoms with E-state index in [4.69, 9.17) is 4.74 Å². The average molecular weight is 184 g/mol. The molecule has 70 valence electrons. The van der Waals surface area contributed by atoms with Gasteiger partial charge >= 0.3 is 0 Å². The molecule has 2 rings (SSSR count). The fourth-order valence-electron chi connectivity index (χ4n) is 2.61. The van der Waals surface area contributed by atoms with Crippen molar-refractivity contribution in [3.05, 3.63) is 0 Å². The van der Waals surface area contributed by atoms with Crippen molar-refractivity contribution >= 4 is 9.52 Å². The minimum atomic E-state index is 0.120. The molecule has 1 nitrogen and oxygen atoms in total. The Kier molecular flexibility index (Phi) is 3.23. The van der Waals surface area contributed by atoms with Gasteiger partial charge in [-0.25, -0.2) is 0 Å². The Morgan fingerprint density at radius 1 is 0.917 bits per heavy atom. The summed E-state index contributed by atoms with van der Waals surface area (Å²) in [4.78, 5) is 0. The van der Waals surface area contributed by atoms with Crippen molar-refractivity contribution in [2.24, 2.45) is 0 Å². The minimum Gasteiger partial charge on any atom is -0.382 e.